The number of carbonyl (C=O) groups excluding carboxylic acids is 1. The fourth-order valence-corrected chi connectivity index (χ4v) is 3.64. The van der Waals surface area contributed by atoms with Crippen molar-refractivity contribution in [3.63, 3.8) is 0 Å². The lowest BCUT2D eigenvalue weighted by Gasteiger charge is -2.16. The number of benzene rings is 2. The molecule has 0 atom stereocenters. The molecule has 3 heteroatoms. The van der Waals surface area contributed by atoms with Crippen molar-refractivity contribution >= 4 is 16.8 Å². The Labute approximate surface area is 141 Å². The summed E-state index contributed by atoms with van der Waals surface area (Å²) in [7, 11) is 0. The summed E-state index contributed by atoms with van der Waals surface area (Å²) in [6.07, 6.45) is 3.43. The number of hydrogen-bond acceptors (Lipinski definition) is 2. The number of aromatic nitrogens is 1. The largest absolute Gasteiger partial charge is 0.376 e. The monoisotopic (exact) mass is 319 g/mol. The van der Waals surface area contributed by atoms with Crippen molar-refractivity contribution in [3.8, 4) is 0 Å². The van der Waals surface area contributed by atoms with E-state index < -0.39 is 0 Å². The Hall–Kier alpha value is -2.39. The number of rotatable bonds is 5. The second kappa shape index (κ2) is 6.62. The van der Waals surface area contributed by atoms with Crippen molar-refractivity contribution in [3.05, 3.63) is 71.4 Å². The van der Waals surface area contributed by atoms with Crippen LogP contribution in [0.5, 0.6) is 0 Å². The van der Waals surface area contributed by atoms with Gasteiger partial charge < -0.3 is 4.74 Å². The van der Waals surface area contributed by atoms with E-state index in [4.69, 9.17) is 4.74 Å². The molecule has 0 radical (unpaired) electrons. The van der Waals surface area contributed by atoms with Crippen LogP contribution in [0.25, 0.3) is 10.9 Å². The van der Waals surface area contributed by atoms with Gasteiger partial charge in [-0.3, -0.25) is 9.36 Å². The van der Waals surface area contributed by atoms with Crippen LogP contribution >= 0.6 is 0 Å². The molecule has 1 aliphatic heterocycles. The zero-order valence-electron chi connectivity index (χ0n) is 13.7. The molecule has 0 fully saturated rings. The van der Waals surface area contributed by atoms with Crippen LogP contribution in [0.15, 0.2) is 54.6 Å². The number of para-hydroxylation sites is 1. The Bertz CT molecular complexity index is 864. The fourth-order valence-electron chi connectivity index (χ4n) is 3.64. The SMILES string of the molecule is O=C1CCCc2c(CCOCc3ccccc3)c3ccccc3n21. The van der Waals surface area contributed by atoms with Gasteiger partial charge in [0.25, 0.3) is 0 Å². The quantitative estimate of drug-likeness (QED) is 0.654. The van der Waals surface area contributed by atoms with E-state index in [1.807, 2.05) is 34.9 Å². The second-order valence-corrected chi connectivity index (χ2v) is 6.31. The fraction of sp³-hybridized carbons (Fsp3) is 0.286. The number of nitrogens with zero attached hydrogens (tertiary/aromatic N) is 1. The normalized spacial score (nSPS) is 14.1. The van der Waals surface area contributed by atoms with E-state index in [1.165, 1.54) is 22.2 Å². The second-order valence-electron chi connectivity index (χ2n) is 6.31. The van der Waals surface area contributed by atoms with E-state index in [-0.39, 0.29) is 5.91 Å². The average Bonchev–Trinajstić information content (AvgIpc) is 2.95. The van der Waals surface area contributed by atoms with E-state index in [2.05, 4.69) is 24.3 Å². The molecule has 122 valence electrons. The van der Waals surface area contributed by atoms with Crippen LogP contribution in [0.1, 0.15) is 34.5 Å². The Balaban J connectivity index is 1.55. The first-order chi connectivity index (χ1) is 11.8. The maximum Gasteiger partial charge on any atom is 0.231 e. The molecule has 2 heterocycles. The summed E-state index contributed by atoms with van der Waals surface area (Å²) in [5, 5.41) is 1.20. The lowest BCUT2D eigenvalue weighted by atomic mass is 10.0. The molecular weight excluding hydrogens is 298 g/mol. The number of hydrogen-bond donors (Lipinski definition) is 0. The molecule has 2 aromatic carbocycles. The van der Waals surface area contributed by atoms with Gasteiger partial charge in [0.2, 0.25) is 5.91 Å². The Morgan fingerprint density at radius 2 is 1.75 bits per heavy atom. The van der Waals surface area contributed by atoms with Crippen LogP contribution in [0.3, 0.4) is 0 Å². The average molecular weight is 319 g/mol. The third-order valence-electron chi connectivity index (χ3n) is 4.75. The zero-order valence-corrected chi connectivity index (χ0v) is 13.7. The van der Waals surface area contributed by atoms with Gasteiger partial charge in [-0.25, -0.2) is 0 Å². The Morgan fingerprint density at radius 3 is 2.62 bits per heavy atom. The molecule has 0 aliphatic carbocycles. The third-order valence-corrected chi connectivity index (χ3v) is 4.75. The molecule has 0 N–H and O–H groups in total. The standard InChI is InChI=1S/C21H21NO2/c23-21-12-6-11-20-18(17-9-4-5-10-19(17)22(20)21)13-14-24-15-16-7-2-1-3-8-16/h1-5,7-10H,6,11-15H2. The smallest absolute Gasteiger partial charge is 0.231 e. The van der Waals surface area contributed by atoms with Crippen molar-refractivity contribution in [2.45, 2.75) is 32.3 Å². The molecule has 1 aromatic heterocycles. The number of carbonyl (C=O) groups is 1. The predicted octanol–water partition coefficient (Wildman–Crippen LogP) is 4.38. The number of ether oxygens (including phenoxy) is 1. The summed E-state index contributed by atoms with van der Waals surface area (Å²) in [6, 6.07) is 18.5. The van der Waals surface area contributed by atoms with E-state index in [9.17, 15) is 4.79 Å². The summed E-state index contributed by atoms with van der Waals surface area (Å²) < 4.78 is 7.80. The summed E-state index contributed by atoms with van der Waals surface area (Å²) in [5.41, 5.74) is 4.72. The van der Waals surface area contributed by atoms with Crippen LogP contribution in [-0.2, 0) is 24.2 Å². The predicted molar refractivity (Wildman–Crippen MR) is 95.3 cm³/mol. The summed E-state index contributed by atoms with van der Waals surface area (Å²) in [5.74, 6) is 0.226. The maximum atomic E-state index is 12.4. The molecule has 0 amide bonds. The highest BCUT2D eigenvalue weighted by atomic mass is 16.5. The topological polar surface area (TPSA) is 31.2 Å². The Kier molecular flexibility index (Phi) is 4.18. The first kappa shape index (κ1) is 15.2. The van der Waals surface area contributed by atoms with Crippen LogP contribution in [0.2, 0.25) is 0 Å². The maximum absolute atomic E-state index is 12.4. The highest BCUT2D eigenvalue weighted by Gasteiger charge is 2.23. The molecule has 0 bridgehead atoms. The molecule has 0 spiro atoms. The summed E-state index contributed by atoms with van der Waals surface area (Å²) >= 11 is 0. The van der Waals surface area contributed by atoms with Gasteiger partial charge in [0.05, 0.1) is 18.7 Å². The van der Waals surface area contributed by atoms with E-state index in [0.29, 0.717) is 19.6 Å². The minimum absolute atomic E-state index is 0.226. The van der Waals surface area contributed by atoms with Crippen molar-refractivity contribution in [2.24, 2.45) is 0 Å². The summed E-state index contributed by atoms with van der Waals surface area (Å²) in [6.45, 7) is 1.30. The molecule has 0 saturated carbocycles. The molecule has 0 unspecified atom stereocenters. The van der Waals surface area contributed by atoms with Crippen molar-refractivity contribution < 1.29 is 9.53 Å². The Morgan fingerprint density at radius 1 is 0.958 bits per heavy atom. The molecule has 0 saturated heterocycles. The van der Waals surface area contributed by atoms with Gasteiger partial charge >= 0.3 is 0 Å². The van der Waals surface area contributed by atoms with Crippen LogP contribution in [0.4, 0.5) is 0 Å². The molecule has 3 aromatic rings. The van der Waals surface area contributed by atoms with Gasteiger partial charge in [0.1, 0.15) is 0 Å². The number of fused-ring (bicyclic) bond motifs is 3. The first-order valence-corrected chi connectivity index (χ1v) is 8.60. The van der Waals surface area contributed by atoms with Gasteiger partial charge in [-0.1, -0.05) is 48.5 Å². The highest BCUT2D eigenvalue weighted by molar-refractivity contribution is 5.96. The van der Waals surface area contributed by atoms with E-state index in [0.717, 1.165) is 24.8 Å². The van der Waals surface area contributed by atoms with Crippen LogP contribution in [0, 0.1) is 0 Å². The highest BCUT2D eigenvalue weighted by Crippen LogP contribution is 2.31. The minimum Gasteiger partial charge on any atom is -0.376 e. The van der Waals surface area contributed by atoms with E-state index in [1.54, 1.807) is 0 Å². The van der Waals surface area contributed by atoms with Gasteiger partial charge in [0, 0.05) is 17.5 Å². The van der Waals surface area contributed by atoms with Crippen LogP contribution < -0.4 is 0 Å². The van der Waals surface area contributed by atoms with E-state index >= 15 is 0 Å². The lowest BCUT2D eigenvalue weighted by molar-refractivity contribution is 0.0888. The van der Waals surface area contributed by atoms with Gasteiger partial charge in [-0.15, -0.1) is 0 Å². The first-order valence-electron chi connectivity index (χ1n) is 8.60. The van der Waals surface area contributed by atoms with Crippen molar-refractivity contribution in [1.29, 1.82) is 0 Å². The van der Waals surface area contributed by atoms with Crippen molar-refractivity contribution in [2.75, 3.05) is 6.61 Å². The minimum atomic E-state index is 0.226. The van der Waals surface area contributed by atoms with Crippen molar-refractivity contribution in [1.82, 2.24) is 4.57 Å². The molecular formula is C21H21NO2. The lowest BCUT2D eigenvalue weighted by Crippen LogP contribution is -2.19. The zero-order chi connectivity index (χ0) is 16.4. The molecule has 1 aliphatic rings. The third kappa shape index (κ3) is 2.76. The van der Waals surface area contributed by atoms with Gasteiger partial charge in [-0.05, 0) is 36.5 Å². The van der Waals surface area contributed by atoms with Gasteiger partial charge in [0.15, 0.2) is 0 Å². The van der Waals surface area contributed by atoms with Crippen LogP contribution in [-0.4, -0.2) is 17.1 Å². The van der Waals surface area contributed by atoms with Gasteiger partial charge in [-0.2, -0.15) is 0 Å². The summed E-state index contributed by atoms with van der Waals surface area (Å²) in [4.78, 5) is 12.4. The molecule has 24 heavy (non-hydrogen) atoms. The molecule has 3 nitrogen and oxygen atoms in total. The molecule has 4 rings (SSSR count).